The van der Waals surface area contributed by atoms with Crippen molar-refractivity contribution in [3.63, 3.8) is 0 Å². The maximum Gasteiger partial charge on any atom is 0.267 e. The van der Waals surface area contributed by atoms with Gasteiger partial charge in [-0.25, -0.2) is 5.48 Å². The highest BCUT2D eigenvalue weighted by atomic mass is 35.5. The summed E-state index contributed by atoms with van der Waals surface area (Å²) < 4.78 is 0. The SMILES string of the molecule is O=C(C=Cc1ccc(C=CC(=O)c2ccccc2Cl)c(Cl)c1)NO. The molecule has 0 aliphatic rings. The van der Waals surface area contributed by atoms with Crippen LogP contribution in [0.5, 0.6) is 0 Å². The molecule has 0 bridgehead atoms. The fraction of sp³-hybridized carbons (Fsp3) is 0. The normalized spacial score (nSPS) is 11.1. The summed E-state index contributed by atoms with van der Waals surface area (Å²) >= 11 is 12.2. The summed E-state index contributed by atoms with van der Waals surface area (Å²) in [5, 5.41) is 9.23. The topological polar surface area (TPSA) is 66.4 Å². The number of rotatable bonds is 5. The molecule has 0 heterocycles. The van der Waals surface area contributed by atoms with Crippen molar-refractivity contribution in [3.8, 4) is 0 Å². The highest BCUT2D eigenvalue weighted by Crippen LogP contribution is 2.21. The first-order valence-electron chi connectivity index (χ1n) is 6.90. The third kappa shape index (κ3) is 4.80. The number of amides is 1. The van der Waals surface area contributed by atoms with E-state index >= 15 is 0 Å². The lowest BCUT2D eigenvalue weighted by Crippen LogP contribution is -2.14. The van der Waals surface area contributed by atoms with Gasteiger partial charge in [-0.1, -0.05) is 47.5 Å². The Balaban J connectivity index is 2.16. The molecule has 2 rings (SSSR count). The van der Waals surface area contributed by atoms with E-state index < -0.39 is 5.91 Å². The molecule has 0 aliphatic heterocycles. The molecule has 2 N–H and O–H groups in total. The van der Waals surface area contributed by atoms with Gasteiger partial charge in [0, 0.05) is 16.7 Å². The van der Waals surface area contributed by atoms with Crippen LogP contribution in [-0.2, 0) is 4.79 Å². The minimum Gasteiger partial charge on any atom is -0.289 e. The lowest BCUT2D eigenvalue weighted by Gasteiger charge is -2.01. The molecule has 0 atom stereocenters. The molecule has 24 heavy (non-hydrogen) atoms. The highest BCUT2D eigenvalue weighted by Gasteiger charge is 2.06. The smallest absolute Gasteiger partial charge is 0.267 e. The monoisotopic (exact) mass is 361 g/mol. The summed E-state index contributed by atoms with van der Waals surface area (Å²) in [5.41, 5.74) is 3.25. The molecule has 0 aliphatic carbocycles. The highest BCUT2D eigenvalue weighted by molar-refractivity contribution is 6.35. The van der Waals surface area contributed by atoms with Crippen LogP contribution in [0, 0.1) is 0 Å². The fourth-order valence-electron chi connectivity index (χ4n) is 1.91. The molecule has 6 heteroatoms. The predicted molar refractivity (Wildman–Crippen MR) is 95.2 cm³/mol. The number of nitrogens with one attached hydrogen (secondary N) is 1. The number of allylic oxidation sites excluding steroid dienone is 1. The van der Waals surface area contributed by atoms with Gasteiger partial charge in [-0.15, -0.1) is 0 Å². The number of carbonyl (C=O) groups is 2. The molecule has 2 aromatic rings. The molecule has 0 radical (unpaired) electrons. The average molecular weight is 362 g/mol. The van der Waals surface area contributed by atoms with Crippen molar-refractivity contribution >= 4 is 47.0 Å². The van der Waals surface area contributed by atoms with E-state index in [4.69, 9.17) is 28.4 Å². The number of benzene rings is 2. The number of halogens is 2. The van der Waals surface area contributed by atoms with Gasteiger partial charge in [-0.2, -0.15) is 0 Å². The van der Waals surface area contributed by atoms with Crippen molar-refractivity contribution in [1.29, 1.82) is 0 Å². The van der Waals surface area contributed by atoms with Gasteiger partial charge in [0.15, 0.2) is 5.78 Å². The second-order valence-corrected chi connectivity index (χ2v) is 5.58. The Labute approximate surface area is 149 Å². The van der Waals surface area contributed by atoms with E-state index in [9.17, 15) is 9.59 Å². The van der Waals surface area contributed by atoms with Crippen LogP contribution in [0.25, 0.3) is 12.2 Å². The van der Waals surface area contributed by atoms with E-state index in [-0.39, 0.29) is 5.78 Å². The van der Waals surface area contributed by atoms with E-state index in [0.29, 0.717) is 26.7 Å². The molecule has 0 spiro atoms. The summed E-state index contributed by atoms with van der Waals surface area (Å²) in [7, 11) is 0. The molecule has 0 unspecified atom stereocenters. The van der Waals surface area contributed by atoms with Crippen molar-refractivity contribution in [1.82, 2.24) is 5.48 Å². The molecule has 0 saturated carbocycles. The minimum atomic E-state index is -0.638. The van der Waals surface area contributed by atoms with E-state index in [2.05, 4.69) is 0 Å². The van der Waals surface area contributed by atoms with E-state index in [1.807, 2.05) is 0 Å². The van der Waals surface area contributed by atoms with E-state index in [0.717, 1.165) is 0 Å². The summed E-state index contributed by atoms with van der Waals surface area (Å²) in [5.74, 6) is -0.860. The second-order valence-electron chi connectivity index (χ2n) is 4.77. The molecule has 4 nitrogen and oxygen atoms in total. The lowest BCUT2D eigenvalue weighted by molar-refractivity contribution is -0.124. The van der Waals surface area contributed by atoms with Crippen molar-refractivity contribution in [2.75, 3.05) is 0 Å². The van der Waals surface area contributed by atoms with Crippen LogP contribution in [-0.4, -0.2) is 16.9 Å². The zero-order valence-electron chi connectivity index (χ0n) is 12.4. The Bertz CT molecular complexity index is 829. The van der Waals surface area contributed by atoms with E-state index in [1.165, 1.54) is 23.7 Å². The van der Waals surface area contributed by atoms with Crippen LogP contribution in [0.3, 0.4) is 0 Å². The molecule has 0 saturated heterocycles. The summed E-state index contributed by atoms with van der Waals surface area (Å²) in [6, 6.07) is 11.9. The number of hydroxylamine groups is 1. The summed E-state index contributed by atoms with van der Waals surface area (Å²) in [6.07, 6.45) is 5.67. The molecular formula is C18H13Cl2NO3. The van der Waals surface area contributed by atoms with E-state index in [1.54, 1.807) is 48.5 Å². The Morgan fingerprint density at radius 3 is 2.38 bits per heavy atom. The Morgan fingerprint density at radius 1 is 0.958 bits per heavy atom. The standard InChI is InChI=1S/C18H13Cl2NO3/c19-15-4-2-1-3-14(15)17(22)9-8-13-7-5-12(11-16(13)20)6-10-18(23)21-24/h1-11,24H,(H,21,23). The summed E-state index contributed by atoms with van der Waals surface area (Å²) in [6.45, 7) is 0. The first-order chi connectivity index (χ1) is 11.5. The fourth-order valence-corrected chi connectivity index (χ4v) is 2.39. The maximum atomic E-state index is 12.1. The minimum absolute atomic E-state index is 0.222. The number of hydrogen-bond acceptors (Lipinski definition) is 3. The zero-order chi connectivity index (χ0) is 17.5. The summed E-state index contributed by atoms with van der Waals surface area (Å²) in [4.78, 5) is 23.1. The molecule has 0 aromatic heterocycles. The van der Waals surface area contributed by atoms with Crippen molar-refractivity contribution in [2.45, 2.75) is 0 Å². The lowest BCUT2D eigenvalue weighted by atomic mass is 10.1. The number of hydrogen-bond donors (Lipinski definition) is 2. The number of ketones is 1. The van der Waals surface area contributed by atoms with Crippen molar-refractivity contribution in [3.05, 3.63) is 81.4 Å². The van der Waals surface area contributed by atoms with Gasteiger partial charge >= 0.3 is 0 Å². The average Bonchev–Trinajstić information content (AvgIpc) is 2.58. The maximum absolute atomic E-state index is 12.1. The molecule has 1 amide bonds. The van der Waals surface area contributed by atoms with Crippen LogP contribution >= 0.6 is 23.2 Å². The van der Waals surface area contributed by atoms with Gasteiger partial charge in [-0.05, 0) is 47.6 Å². The van der Waals surface area contributed by atoms with Crippen LogP contribution in [0.15, 0.2) is 54.6 Å². The second kappa shape index (κ2) is 8.45. The zero-order valence-corrected chi connectivity index (χ0v) is 13.9. The Hall–Kier alpha value is -2.40. The van der Waals surface area contributed by atoms with Crippen LogP contribution < -0.4 is 5.48 Å². The van der Waals surface area contributed by atoms with Crippen LogP contribution in [0.1, 0.15) is 21.5 Å². The number of carbonyl (C=O) groups excluding carboxylic acids is 2. The molecule has 0 fully saturated rings. The van der Waals surface area contributed by atoms with Crippen LogP contribution in [0.2, 0.25) is 10.0 Å². The third-order valence-electron chi connectivity index (χ3n) is 3.12. The van der Waals surface area contributed by atoms with Gasteiger partial charge in [0.1, 0.15) is 0 Å². The molecule has 122 valence electrons. The van der Waals surface area contributed by atoms with Gasteiger partial charge in [0.25, 0.3) is 5.91 Å². The largest absolute Gasteiger partial charge is 0.289 e. The molecule has 2 aromatic carbocycles. The van der Waals surface area contributed by atoms with Gasteiger partial charge in [0.2, 0.25) is 0 Å². The van der Waals surface area contributed by atoms with Gasteiger partial charge < -0.3 is 0 Å². The Kier molecular flexibility index (Phi) is 6.32. The van der Waals surface area contributed by atoms with Crippen molar-refractivity contribution in [2.24, 2.45) is 0 Å². The molecular weight excluding hydrogens is 349 g/mol. The first kappa shape index (κ1) is 17.9. The third-order valence-corrected chi connectivity index (χ3v) is 3.77. The first-order valence-corrected chi connectivity index (χ1v) is 7.65. The quantitative estimate of drug-likeness (QED) is 0.358. The predicted octanol–water partition coefficient (Wildman–Crippen LogP) is 4.41. The van der Waals surface area contributed by atoms with Gasteiger partial charge in [0.05, 0.1) is 5.02 Å². The van der Waals surface area contributed by atoms with Crippen molar-refractivity contribution < 1.29 is 14.8 Å². The van der Waals surface area contributed by atoms with Crippen LogP contribution in [0.4, 0.5) is 0 Å². The Morgan fingerprint density at radius 2 is 1.71 bits per heavy atom. The van der Waals surface area contributed by atoms with Gasteiger partial charge in [-0.3, -0.25) is 14.8 Å².